The van der Waals surface area contributed by atoms with Crippen molar-refractivity contribution in [3.05, 3.63) is 63.7 Å². The van der Waals surface area contributed by atoms with Gasteiger partial charge in [0.15, 0.2) is 11.6 Å². The van der Waals surface area contributed by atoms with Gasteiger partial charge in [-0.05, 0) is 29.8 Å². The first-order valence-corrected chi connectivity index (χ1v) is 8.55. The first kappa shape index (κ1) is 19.3. The number of para-hydroxylation sites is 1. The summed E-state index contributed by atoms with van der Waals surface area (Å²) < 4.78 is 26.4. The Bertz CT molecular complexity index is 901. The van der Waals surface area contributed by atoms with Gasteiger partial charge in [0.1, 0.15) is 11.4 Å². The molecule has 2 aromatic rings. The van der Waals surface area contributed by atoms with Gasteiger partial charge in [-0.1, -0.05) is 12.1 Å². The molecule has 0 radical (unpaired) electrons. The number of carbonyl (C=O) groups is 1. The molecule has 0 aromatic heterocycles. The number of hydrogen-bond acceptors (Lipinski definition) is 5. The molecule has 0 aliphatic carbocycles. The Hall–Kier alpha value is -3.43. The number of nitrogens with zero attached hydrogens (tertiary/aromatic N) is 3. The van der Waals surface area contributed by atoms with Crippen LogP contribution in [0.15, 0.2) is 36.4 Å². The summed E-state index contributed by atoms with van der Waals surface area (Å²) in [6.07, 6.45) is -1.02. The summed E-state index contributed by atoms with van der Waals surface area (Å²) >= 11 is 0. The van der Waals surface area contributed by atoms with Crippen molar-refractivity contribution in [2.45, 2.75) is 6.54 Å². The topological polar surface area (TPSA) is 99.0 Å². The standard InChI is InChI=1S/C18H18F2N4O4/c19-13-5-4-12(10-14(13)20)11-21-15-2-1-3-16(17(15)24(27)28)22-6-8-23(9-7-22)18(25)26/h1-5,10,21H,6-9,11H2,(H,25,26). The third-order valence-corrected chi connectivity index (χ3v) is 4.56. The maximum atomic E-state index is 13.3. The number of piperazine rings is 1. The van der Waals surface area contributed by atoms with Crippen molar-refractivity contribution in [1.29, 1.82) is 0 Å². The molecular formula is C18H18F2N4O4. The average molecular weight is 392 g/mol. The van der Waals surface area contributed by atoms with Crippen LogP contribution >= 0.6 is 0 Å². The van der Waals surface area contributed by atoms with E-state index in [0.717, 1.165) is 12.1 Å². The summed E-state index contributed by atoms with van der Waals surface area (Å²) in [5.41, 5.74) is 0.917. The van der Waals surface area contributed by atoms with Crippen molar-refractivity contribution in [1.82, 2.24) is 4.90 Å². The molecule has 1 fully saturated rings. The molecule has 1 aliphatic heterocycles. The summed E-state index contributed by atoms with van der Waals surface area (Å²) in [6.45, 7) is 1.24. The number of halogens is 2. The molecule has 10 heteroatoms. The minimum atomic E-state index is -1.02. The van der Waals surface area contributed by atoms with Crippen LogP contribution < -0.4 is 10.2 Å². The Morgan fingerprint density at radius 3 is 2.46 bits per heavy atom. The zero-order valence-corrected chi connectivity index (χ0v) is 14.8. The van der Waals surface area contributed by atoms with Crippen molar-refractivity contribution in [2.75, 3.05) is 36.4 Å². The maximum Gasteiger partial charge on any atom is 0.407 e. The number of nitro benzene ring substituents is 1. The highest BCUT2D eigenvalue weighted by molar-refractivity contribution is 5.77. The van der Waals surface area contributed by atoms with E-state index in [2.05, 4.69) is 5.32 Å². The van der Waals surface area contributed by atoms with E-state index < -0.39 is 22.7 Å². The first-order chi connectivity index (χ1) is 13.4. The molecule has 0 unspecified atom stereocenters. The third-order valence-electron chi connectivity index (χ3n) is 4.56. The van der Waals surface area contributed by atoms with Crippen LogP contribution in [0.3, 0.4) is 0 Å². The normalized spacial score (nSPS) is 14.1. The van der Waals surface area contributed by atoms with Crippen LogP contribution in [0.5, 0.6) is 0 Å². The highest BCUT2D eigenvalue weighted by Gasteiger charge is 2.27. The fourth-order valence-corrected chi connectivity index (χ4v) is 3.11. The summed E-state index contributed by atoms with van der Waals surface area (Å²) in [4.78, 5) is 25.2. The molecule has 1 aliphatic rings. The number of rotatable bonds is 5. The van der Waals surface area contributed by atoms with E-state index >= 15 is 0 Å². The zero-order chi connectivity index (χ0) is 20.3. The largest absolute Gasteiger partial charge is 0.465 e. The van der Waals surface area contributed by atoms with Gasteiger partial charge in [-0.25, -0.2) is 13.6 Å². The van der Waals surface area contributed by atoms with Gasteiger partial charge in [-0.15, -0.1) is 0 Å². The summed E-state index contributed by atoms with van der Waals surface area (Å²) in [5.74, 6) is -1.95. The van der Waals surface area contributed by atoms with Gasteiger partial charge in [0.2, 0.25) is 0 Å². The molecule has 8 nitrogen and oxygen atoms in total. The average Bonchev–Trinajstić information content (AvgIpc) is 2.68. The molecule has 0 saturated carbocycles. The lowest BCUT2D eigenvalue weighted by Gasteiger charge is -2.34. The van der Waals surface area contributed by atoms with Crippen LogP contribution in [0, 0.1) is 21.7 Å². The van der Waals surface area contributed by atoms with E-state index in [1.165, 1.54) is 17.0 Å². The van der Waals surface area contributed by atoms with Crippen molar-refractivity contribution >= 4 is 23.2 Å². The highest BCUT2D eigenvalue weighted by Crippen LogP contribution is 2.36. The van der Waals surface area contributed by atoms with E-state index in [0.29, 0.717) is 24.3 Å². The number of hydrogen-bond donors (Lipinski definition) is 2. The lowest BCUT2D eigenvalue weighted by molar-refractivity contribution is -0.383. The minimum absolute atomic E-state index is 0.0777. The van der Waals surface area contributed by atoms with Gasteiger partial charge in [-0.2, -0.15) is 0 Å². The number of anilines is 2. The molecule has 1 saturated heterocycles. The minimum Gasteiger partial charge on any atom is -0.465 e. The van der Waals surface area contributed by atoms with E-state index in [1.54, 1.807) is 17.0 Å². The Kier molecular flexibility index (Phi) is 5.57. The molecule has 0 spiro atoms. The second-order valence-electron chi connectivity index (χ2n) is 6.29. The van der Waals surface area contributed by atoms with Crippen molar-refractivity contribution in [3.63, 3.8) is 0 Å². The number of nitro groups is 1. The second-order valence-corrected chi connectivity index (χ2v) is 6.29. The predicted octanol–water partition coefficient (Wildman–Crippen LogP) is 3.29. The van der Waals surface area contributed by atoms with Crippen molar-refractivity contribution in [3.8, 4) is 0 Å². The molecule has 2 aromatic carbocycles. The highest BCUT2D eigenvalue weighted by atomic mass is 19.2. The SMILES string of the molecule is O=C(O)N1CCN(c2cccc(NCc3ccc(F)c(F)c3)c2[N+](=O)[O-])CC1. The van der Waals surface area contributed by atoms with E-state index in [1.807, 2.05) is 0 Å². The molecule has 28 heavy (non-hydrogen) atoms. The molecule has 3 rings (SSSR count). The van der Waals surface area contributed by atoms with E-state index in [9.17, 15) is 23.7 Å². The van der Waals surface area contributed by atoms with Gasteiger partial charge in [0, 0.05) is 32.7 Å². The summed E-state index contributed by atoms with van der Waals surface area (Å²) in [7, 11) is 0. The number of amides is 1. The van der Waals surface area contributed by atoms with Crippen molar-refractivity contribution in [2.24, 2.45) is 0 Å². The first-order valence-electron chi connectivity index (χ1n) is 8.55. The molecule has 148 valence electrons. The van der Waals surface area contributed by atoms with Crippen LogP contribution in [0.25, 0.3) is 0 Å². The van der Waals surface area contributed by atoms with Gasteiger partial charge in [0.25, 0.3) is 0 Å². The molecule has 1 amide bonds. The monoisotopic (exact) mass is 392 g/mol. The smallest absolute Gasteiger partial charge is 0.407 e. The fourth-order valence-electron chi connectivity index (χ4n) is 3.11. The van der Waals surface area contributed by atoms with Gasteiger partial charge < -0.3 is 20.2 Å². The Balaban J connectivity index is 1.80. The second kappa shape index (κ2) is 8.07. The van der Waals surface area contributed by atoms with Crippen LogP contribution in [0.2, 0.25) is 0 Å². The number of benzene rings is 2. The predicted molar refractivity (Wildman–Crippen MR) is 98.6 cm³/mol. The molecular weight excluding hydrogens is 374 g/mol. The quantitative estimate of drug-likeness (QED) is 0.599. The Morgan fingerprint density at radius 2 is 1.86 bits per heavy atom. The number of carboxylic acid groups (broad SMARTS) is 1. The van der Waals surface area contributed by atoms with Gasteiger partial charge in [0.05, 0.1) is 4.92 Å². The van der Waals surface area contributed by atoms with Crippen LogP contribution in [0.4, 0.5) is 30.6 Å². The Morgan fingerprint density at radius 1 is 1.14 bits per heavy atom. The van der Waals surface area contributed by atoms with Crippen LogP contribution in [-0.2, 0) is 6.54 Å². The maximum absolute atomic E-state index is 13.3. The van der Waals surface area contributed by atoms with E-state index in [4.69, 9.17) is 5.11 Å². The van der Waals surface area contributed by atoms with Gasteiger partial charge >= 0.3 is 11.8 Å². The fraction of sp³-hybridized carbons (Fsp3) is 0.278. The van der Waals surface area contributed by atoms with E-state index in [-0.39, 0.29) is 31.0 Å². The lowest BCUT2D eigenvalue weighted by Crippen LogP contribution is -2.48. The summed E-state index contributed by atoms with van der Waals surface area (Å²) in [6, 6.07) is 8.22. The lowest BCUT2D eigenvalue weighted by atomic mass is 10.1. The third kappa shape index (κ3) is 4.11. The molecule has 2 N–H and O–H groups in total. The Labute approximate surface area is 159 Å². The summed E-state index contributed by atoms with van der Waals surface area (Å²) in [5, 5.41) is 23.6. The van der Waals surface area contributed by atoms with Crippen LogP contribution in [-0.4, -0.2) is 47.2 Å². The molecule has 0 atom stereocenters. The van der Waals surface area contributed by atoms with Crippen molar-refractivity contribution < 1.29 is 23.6 Å². The van der Waals surface area contributed by atoms with Gasteiger partial charge in [-0.3, -0.25) is 10.1 Å². The molecule has 0 bridgehead atoms. The number of nitrogens with one attached hydrogen (secondary N) is 1. The zero-order valence-electron chi connectivity index (χ0n) is 14.8. The molecule has 1 heterocycles. The van der Waals surface area contributed by atoms with Crippen LogP contribution in [0.1, 0.15) is 5.56 Å².